The van der Waals surface area contributed by atoms with Crippen molar-refractivity contribution in [2.75, 3.05) is 13.7 Å². The quantitative estimate of drug-likeness (QED) is 0.165. The first-order valence-electron chi connectivity index (χ1n) is 10.6. The fraction of sp³-hybridized carbons (Fsp3) is 0.783. The summed E-state index contributed by atoms with van der Waals surface area (Å²) in [4.78, 5) is 10.8. The molecular formula is C23H44O3. The van der Waals surface area contributed by atoms with Crippen molar-refractivity contribution in [3.63, 3.8) is 0 Å². The predicted octanol–water partition coefficient (Wildman–Crippen LogP) is 6.75. The molecule has 0 unspecified atom stereocenters. The first kappa shape index (κ1) is 27.1. The standard InChI is InChI=1S/C12H22O2.C11H22O/c1-3-4-5-6-7-8-9-10-11-12(13)14-2;1-2-3-4-5-6-7-8-9-10-11-12/h3H,1,4-11H2,2H3;2,12H,1,3-11H2. The first-order chi connectivity index (χ1) is 12.7. The van der Waals surface area contributed by atoms with Crippen LogP contribution >= 0.6 is 0 Å². The van der Waals surface area contributed by atoms with Crippen LogP contribution in [-0.4, -0.2) is 24.8 Å². The van der Waals surface area contributed by atoms with Crippen LogP contribution in [0, 0.1) is 0 Å². The normalized spacial score (nSPS) is 9.92. The molecule has 3 heteroatoms. The fourth-order valence-corrected chi connectivity index (χ4v) is 2.65. The molecule has 3 nitrogen and oxygen atoms in total. The van der Waals surface area contributed by atoms with Crippen molar-refractivity contribution in [1.29, 1.82) is 0 Å². The number of carbonyl (C=O) groups is 1. The molecule has 0 bridgehead atoms. The summed E-state index contributed by atoms with van der Waals surface area (Å²) < 4.78 is 4.56. The minimum absolute atomic E-state index is 0.0864. The lowest BCUT2D eigenvalue weighted by Gasteiger charge is -2.00. The van der Waals surface area contributed by atoms with E-state index in [1.807, 2.05) is 12.2 Å². The van der Waals surface area contributed by atoms with Gasteiger partial charge in [0.1, 0.15) is 0 Å². The average Bonchev–Trinajstić information content (AvgIpc) is 2.66. The number of aliphatic hydroxyl groups excluding tert-OH is 1. The van der Waals surface area contributed by atoms with Crippen LogP contribution in [0.1, 0.15) is 103 Å². The van der Waals surface area contributed by atoms with Crippen molar-refractivity contribution in [2.24, 2.45) is 0 Å². The number of unbranched alkanes of at least 4 members (excludes halogenated alkanes) is 13. The number of rotatable bonds is 18. The Balaban J connectivity index is 0. The maximum Gasteiger partial charge on any atom is 0.305 e. The van der Waals surface area contributed by atoms with Gasteiger partial charge in [0, 0.05) is 13.0 Å². The van der Waals surface area contributed by atoms with Crippen molar-refractivity contribution < 1.29 is 14.6 Å². The molecular weight excluding hydrogens is 324 g/mol. The Bertz CT molecular complexity index is 300. The smallest absolute Gasteiger partial charge is 0.305 e. The van der Waals surface area contributed by atoms with Crippen LogP contribution in [0.25, 0.3) is 0 Å². The molecule has 0 aliphatic heterocycles. The Hall–Kier alpha value is -1.09. The highest BCUT2D eigenvalue weighted by atomic mass is 16.5. The van der Waals surface area contributed by atoms with Gasteiger partial charge in [-0.05, 0) is 38.5 Å². The highest BCUT2D eigenvalue weighted by molar-refractivity contribution is 5.68. The van der Waals surface area contributed by atoms with Crippen LogP contribution in [0.4, 0.5) is 0 Å². The number of carbonyl (C=O) groups excluding carboxylic acids is 1. The van der Waals surface area contributed by atoms with Gasteiger partial charge in [0.2, 0.25) is 0 Å². The molecule has 1 N–H and O–H groups in total. The molecule has 0 atom stereocenters. The summed E-state index contributed by atoms with van der Waals surface area (Å²) >= 11 is 0. The van der Waals surface area contributed by atoms with E-state index in [-0.39, 0.29) is 5.97 Å². The summed E-state index contributed by atoms with van der Waals surface area (Å²) in [7, 11) is 1.44. The summed E-state index contributed by atoms with van der Waals surface area (Å²) in [6.45, 7) is 7.73. The van der Waals surface area contributed by atoms with Gasteiger partial charge in [-0.3, -0.25) is 4.79 Å². The number of methoxy groups -OCH3 is 1. The molecule has 0 aromatic heterocycles. The second-order valence-corrected chi connectivity index (χ2v) is 6.80. The van der Waals surface area contributed by atoms with E-state index in [4.69, 9.17) is 5.11 Å². The van der Waals surface area contributed by atoms with Crippen molar-refractivity contribution in [2.45, 2.75) is 103 Å². The lowest BCUT2D eigenvalue weighted by atomic mass is 10.1. The summed E-state index contributed by atoms with van der Waals surface area (Å²) in [5.41, 5.74) is 0. The van der Waals surface area contributed by atoms with Crippen LogP contribution in [0.3, 0.4) is 0 Å². The lowest BCUT2D eigenvalue weighted by Crippen LogP contribution is -1.99. The Morgan fingerprint density at radius 3 is 1.50 bits per heavy atom. The van der Waals surface area contributed by atoms with Crippen molar-refractivity contribution in [1.82, 2.24) is 0 Å². The van der Waals surface area contributed by atoms with Crippen LogP contribution in [-0.2, 0) is 9.53 Å². The molecule has 0 heterocycles. The number of hydrogen-bond acceptors (Lipinski definition) is 3. The van der Waals surface area contributed by atoms with E-state index in [0.717, 1.165) is 32.1 Å². The number of hydrogen-bond donors (Lipinski definition) is 1. The number of aliphatic hydroxyl groups is 1. The first-order valence-corrected chi connectivity index (χ1v) is 10.6. The largest absolute Gasteiger partial charge is 0.469 e. The zero-order valence-corrected chi connectivity index (χ0v) is 17.4. The van der Waals surface area contributed by atoms with Crippen LogP contribution in [0.2, 0.25) is 0 Å². The van der Waals surface area contributed by atoms with E-state index in [9.17, 15) is 4.79 Å². The van der Waals surface area contributed by atoms with Gasteiger partial charge in [-0.15, -0.1) is 13.2 Å². The fourth-order valence-electron chi connectivity index (χ4n) is 2.65. The second kappa shape index (κ2) is 26.1. The Morgan fingerprint density at radius 2 is 1.12 bits per heavy atom. The van der Waals surface area contributed by atoms with Gasteiger partial charge in [0.05, 0.1) is 7.11 Å². The molecule has 0 spiro atoms. The van der Waals surface area contributed by atoms with Gasteiger partial charge >= 0.3 is 5.97 Å². The van der Waals surface area contributed by atoms with Gasteiger partial charge < -0.3 is 9.84 Å². The predicted molar refractivity (Wildman–Crippen MR) is 113 cm³/mol. The zero-order chi connectivity index (χ0) is 19.7. The minimum Gasteiger partial charge on any atom is -0.469 e. The lowest BCUT2D eigenvalue weighted by molar-refractivity contribution is -0.140. The topological polar surface area (TPSA) is 46.5 Å². The monoisotopic (exact) mass is 368 g/mol. The van der Waals surface area contributed by atoms with Crippen molar-refractivity contribution >= 4 is 5.97 Å². The van der Waals surface area contributed by atoms with E-state index in [0.29, 0.717) is 13.0 Å². The van der Waals surface area contributed by atoms with Gasteiger partial charge in [0.25, 0.3) is 0 Å². The molecule has 26 heavy (non-hydrogen) atoms. The summed E-state index contributed by atoms with van der Waals surface area (Å²) in [5.74, 6) is -0.0864. The summed E-state index contributed by atoms with van der Waals surface area (Å²) in [6, 6.07) is 0. The van der Waals surface area contributed by atoms with E-state index in [2.05, 4.69) is 17.9 Å². The van der Waals surface area contributed by atoms with Gasteiger partial charge in [-0.25, -0.2) is 0 Å². The molecule has 0 aromatic rings. The van der Waals surface area contributed by atoms with E-state index < -0.39 is 0 Å². The maximum absolute atomic E-state index is 10.8. The number of esters is 1. The molecule has 0 radical (unpaired) electrons. The van der Waals surface area contributed by atoms with E-state index >= 15 is 0 Å². The highest BCUT2D eigenvalue weighted by Crippen LogP contribution is 2.09. The third-order valence-electron chi connectivity index (χ3n) is 4.33. The molecule has 0 saturated heterocycles. The third kappa shape index (κ3) is 27.7. The maximum atomic E-state index is 10.8. The van der Waals surface area contributed by atoms with Crippen LogP contribution < -0.4 is 0 Å². The molecule has 0 aliphatic rings. The zero-order valence-electron chi connectivity index (χ0n) is 17.4. The molecule has 0 rings (SSSR count). The second-order valence-electron chi connectivity index (χ2n) is 6.80. The summed E-state index contributed by atoms with van der Waals surface area (Å²) in [6.07, 6.45) is 22.7. The van der Waals surface area contributed by atoms with Crippen LogP contribution in [0.15, 0.2) is 25.3 Å². The highest BCUT2D eigenvalue weighted by Gasteiger charge is 1.98. The molecule has 154 valence electrons. The van der Waals surface area contributed by atoms with Crippen LogP contribution in [0.5, 0.6) is 0 Å². The SMILES string of the molecule is C=CCCCCCCCCC(=O)OC.C=CCCCCCCCCCO. The number of ether oxygens (including phenoxy) is 1. The number of allylic oxidation sites excluding steroid dienone is 2. The molecule has 0 amide bonds. The summed E-state index contributed by atoms with van der Waals surface area (Å²) in [5, 5.41) is 8.53. The Kier molecular flexibility index (Phi) is 27.3. The van der Waals surface area contributed by atoms with Gasteiger partial charge in [-0.2, -0.15) is 0 Å². The van der Waals surface area contributed by atoms with Gasteiger partial charge in [-0.1, -0.05) is 69.9 Å². The van der Waals surface area contributed by atoms with Crippen molar-refractivity contribution in [3.05, 3.63) is 25.3 Å². The Morgan fingerprint density at radius 1 is 0.731 bits per heavy atom. The molecule has 0 aliphatic carbocycles. The third-order valence-corrected chi connectivity index (χ3v) is 4.33. The van der Waals surface area contributed by atoms with E-state index in [1.165, 1.54) is 71.3 Å². The minimum atomic E-state index is -0.0864. The molecule has 0 saturated carbocycles. The average molecular weight is 369 g/mol. The van der Waals surface area contributed by atoms with E-state index in [1.54, 1.807) is 0 Å². The Labute approximate surface area is 162 Å². The molecule has 0 fully saturated rings. The molecule has 0 aromatic carbocycles. The van der Waals surface area contributed by atoms with Gasteiger partial charge in [0.15, 0.2) is 0 Å². The van der Waals surface area contributed by atoms with Crippen molar-refractivity contribution in [3.8, 4) is 0 Å².